The van der Waals surface area contributed by atoms with Crippen LogP contribution in [-0.2, 0) is 9.59 Å². The average molecular weight is 282 g/mol. The molecule has 1 saturated heterocycles. The fourth-order valence-electron chi connectivity index (χ4n) is 2.64. The number of amides is 2. The fourth-order valence-corrected chi connectivity index (χ4v) is 2.64. The highest BCUT2D eigenvalue weighted by atomic mass is 16.2. The smallest absolute Gasteiger partial charge is 0.246 e. The molecule has 2 amide bonds. The van der Waals surface area contributed by atoms with Crippen LogP contribution in [0.25, 0.3) is 0 Å². The largest absolute Gasteiger partial charge is 0.342 e. The third kappa shape index (κ3) is 3.33. The Morgan fingerprint density at radius 2 is 1.85 bits per heavy atom. The first kappa shape index (κ1) is 17.0. The molecule has 0 aromatic carbocycles. The SMILES string of the molecule is CCC(C)CN1C(=O)C(CC(C)C)NC(=O)C1(C)CC. The van der Waals surface area contributed by atoms with Crippen LogP contribution >= 0.6 is 0 Å². The van der Waals surface area contributed by atoms with E-state index >= 15 is 0 Å². The molecule has 1 heterocycles. The lowest BCUT2D eigenvalue weighted by molar-refractivity contribution is -0.158. The van der Waals surface area contributed by atoms with Gasteiger partial charge in [0, 0.05) is 6.54 Å². The van der Waals surface area contributed by atoms with Crippen molar-refractivity contribution in [3.63, 3.8) is 0 Å². The summed E-state index contributed by atoms with van der Waals surface area (Å²) in [7, 11) is 0. The zero-order chi connectivity index (χ0) is 15.5. The molecule has 0 aromatic rings. The fraction of sp³-hybridized carbons (Fsp3) is 0.875. The zero-order valence-electron chi connectivity index (χ0n) is 13.8. The number of hydrogen-bond donors (Lipinski definition) is 1. The van der Waals surface area contributed by atoms with Crippen molar-refractivity contribution in [2.75, 3.05) is 6.54 Å². The van der Waals surface area contributed by atoms with Crippen LogP contribution in [0.15, 0.2) is 0 Å². The summed E-state index contributed by atoms with van der Waals surface area (Å²) in [5.74, 6) is 0.882. The van der Waals surface area contributed by atoms with E-state index in [-0.39, 0.29) is 17.9 Å². The molecule has 1 fully saturated rings. The van der Waals surface area contributed by atoms with Gasteiger partial charge in [0.2, 0.25) is 11.8 Å². The molecular formula is C16H30N2O2. The quantitative estimate of drug-likeness (QED) is 0.814. The standard InChI is InChI=1S/C16H30N2O2/c1-7-12(5)10-18-14(19)13(9-11(3)4)17-15(20)16(18,6)8-2/h11-13H,7-10H2,1-6H3,(H,17,20). The van der Waals surface area contributed by atoms with E-state index in [1.165, 1.54) is 0 Å². The lowest BCUT2D eigenvalue weighted by Crippen LogP contribution is -2.70. The van der Waals surface area contributed by atoms with Gasteiger partial charge in [-0.3, -0.25) is 9.59 Å². The summed E-state index contributed by atoms with van der Waals surface area (Å²) in [5, 5.41) is 2.93. The van der Waals surface area contributed by atoms with E-state index in [0.29, 0.717) is 31.2 Å². The molecule has 0 saturated carbocycles. The van der Waals surface area contributed by atoms with Gasteiger partial charge in [0.05, 0.1) is 0 Å². The van der Waals surface area contributed by atoms with Crippen molar-refractivity contribution in [3.05, 3.63) is 0 Å². The summed E-state index contributed by atoms with van der Waals surface area (Å²) in [6.07, 6.45) is 2.37. The van der Waals surface area contributed by atoms with E-state index < -0.39 is 5.54 Å². The van der Waals surface area contributed by atoms with Crippen molar-refractivity contribution in [2.24, 2.45) is 11.8 Å². The maximum atomic E-state index is 12.7. The van der Waals surface area contributed by atoms with E-state index in [0.717, 1.165) is 6.42 Å². The Kier molecular flexibility index (Phi) is 5.60. The number of piperazine rings is 1. The summed E-state index contributed by atoms with van der Waals surface area (Å²) in [6.45, 7) is 12.9. The monoisotopic (exact) mass is 282 g/mol. The second-order valence-electron chi connectivity index (χ2n) is 6.75. The molecular weight excluding hydrogens is 252 g/mol. The molecule has 0 radical (unpaired) electrons. The molecule has 3 unspecified atom stereocenters. The third-order valence-electron chi connectivity index (χ3n) is 4.54. The van der Waals surface area contributed by atoms with Crippen LogP contribution in [0.1, 0.15) is 60.8 Å². The third-order valence-corrected chi connectivity index (χ3v) is 4.54. The number of nitrogens with one attached hydrogen (secondary N) is 1. The minimum atomic E-state index is -0.700. The highest BCUT2D eigenvalue weighted by molar-refractivity contribution is 5.99. The molecule has 116 valence electrons. The van der Waals surface area contributed by atoms with Crippen molar-refractivity contribution < 1.29 is 9.59 Å². The first-order valence-corrected chi connectivity index (χ1v) is 7.88. The Hall–Kier alpha value is -1.06. The van der Waals surface area contributed by atoms with Gasteiger partial charge in [0.1, 0.15) is 11.6 Å². The first-order chi connectivity index (χ1) is 9.26. The van der Waals surface area contributed by atoms with Gasteiger partial charge in [0.15, 0.2) is 0 Å². The Labute approximate surface area is 123 Å². The summed E-state index contributed by atoms with van der Waals surface area (Å²) < 4.78 is 0. The summed E-state index contributed by atoms with van der Waals surface area (Å²) >= 11 is 0. The lowest BCUT2D eigenvalue weighted by Gasteiger charge is -2.47. The van der Waals surface area contributed by atoms with Crippen LogP contribution in [0.4, 0.5) is 0 Å². The predicted octanol–water partition coefficient (Wildman–Crippen LogP) is 2.57. The molecule has 1 N–H and O–H groups in total. The number of hydrogen-bond acceptors (Lipinski definition) is 2. The van der Waals surface area contributed by atoms with Gasteiger partial charge in [-0.2, -0.15) is 0 Å². The first-order valence-electron chi connectivity index (χ1n) is 7.88. The molecule has 0 bridgehead atoms. The Balaban J connectivity index is 3.01. The number of carbonyl (C=O) groups is 2. The van der Waals surface area contributed by atoms with Gasteiger partial charge >= 0.3 is 0 Å². The summed E-state index contributed by atoms with van der Waals surface area (Å²) in [4.78, 5) is 27.0. The van der Waals surface area contributed by atoms with Gasteiger partial charge in [-0.25, -0.2) is 0 Å². The molecule has 1 aliphatic heterocycles. The van der Waals surface area contributed by atoms with Gasteiger partial charge in [-0.05, 0) is 31.6 Å². The van der Waals surface area contributed by atoms with E-state index in [2.05, 4.69) is 33.0 Å². The predicted molar refractivity (Wildman–Crippen MR) is 81.2 cm³/mol. The van der Waals surface area contributed by atoms with Crippen LogP contribution in [0.3, 0.4) is 0 Å². The molecule has 0 aliphatic carbocycles. The van der Waals surface area contributed by atoms with E-state index in [9.17, 15) is 9.59 Å². The van der Waals surface area contributed by atoms with E-state index in [1.807, 2.05) is 18.7 Å². The average Bonchev–Trinajstić information content (AvgIpc) is 2.40. The van der Waals surface area contributed by atoms with Gasteiger partial charge in [-0.1, -0.05) is 41.0 Å². The Bertz CT molecular complexity index is 367. The van der Waals surface area contributed by atoms with Crippen molar-refractivity contribution in [1.82, 2.24) is 10.2 Å². The van der Waals surface area contributed by atoms with Crippen LogP contribution in [0, 0.1) is 11.8 Å². The van der Waals surface area contributed by atoms with Crippen molar-refractivity contribution in [1.29, 1.82) is 0 Å². The Morgan fingerprint density at radius 3 is 2.30 bits per heavy atom. The van der Waals surface area contributed by atoms with Gasteiger partial charge < -0.3 is 10.2 Å². The molecule has 3 atom stereocenters. The molecule has 1 aliphatic rings. The minimum Gasteiger partial charge on any atom is -0.342 e. The molecule has 0 aromatic heterocycles. The number of rotatable bonds is 6. The van der Waals surface area contributed by atoms with Crippen molar-refractivity contribution in [2.45, 2.75) is 72.4 Å². The molecule has 20 heavy (non-hydrogen) atoms. The van der Waals surface area contributed by atoms with Crippen LogP contribution in [-0.4, -0.2) is 34.8 Å². The van der Waals surface area contributed by atoms with Crippen molar-refractivity contribution in [3.8, 4) is 0 Å². The number of nitrogens with zero attached hydrogens (tertiary/aromatic N) is 1. The highest BCUT2D eigenvalue weighted by Crippen LogP contribution is 2.28. The molecule has 4 heteroatoms. The second-order valence-corrected chi connectivity index (χ2v) is 6.75. The van der Waals surface area contributed by atoms with Crippen LogP contribution in [0.5, 0.6) is 0 Å². The molecule has 4 nitrogen and oxygen atoms in total. The van der Waals surface area contributed by atoms with Crippen LogP contribution in [0.2, 0.25) is 0 Å². The topological polar surface area (TPSA) is 49.4 Å². The lowest BCUT2D eigenvalue weighted by atomic mass is 9.87. The van der Waals surface area contributed by atoms with E-state index in [1.54, 1.807) is 0 Å². The van der Waals surface area contributed by atoms with Crippen molar-refractivity contribution >= 4 is 11.8 Å². The van der Waals surface area contributed by atoms with E-state index in [4.69, 9.17) is 0 Å². The van der Waals surface area contributed by atoms with Crippen LogP contribution < -0.4 is 5.32 Å². The van der Waals surface area contributed by atoms with Gasteiger partial charge in [-0.15, -0.1) is 0 Å². The Morgan fingerprint density at radius 1 is 1.25 bits per heavy atom. The summed E-state index contributed by atoms with van der Waals surface area (Å²) in [5.41, 5.74) is -0.700. The highest BCUT2D eigenvalue weighted by Gasteiger charge is 2.48. The maximum absolute atomic E-state index is 12.7. The maximum Gasteiger partial charge on any atom is 0.246 e. The molecule has 1 rings (SSSR count). The number of carbonyl (C=O) groups excluding carboxylic acids is 2. The second kappa shape index (κ2) is 6.59. The normalized spacial score (nSPS) is 28.8. The van der Waals surface area contributed by atoms with Gasteiger partial charge in [0.25, 0.3) is 0 Å². The molecule has 0 spiro atoms. The minimum absolute atomic E-state index is 0.00597. The summed E-state index contributed by atoms with van der Waals surface area (Å²) in [6, 6.07) is -0.355. The zero-order valence-corrected chi connectivity index (χ0v) is 13.8.